The van der Waals surface area contributed by atoms with Crippen molar-refractivity contribution in [3.8, 4) is 0 Å². The van der Waals surface area contributed by atoms with Crippen LogP contribution >= 0.6 is 0 Å². The molecule has 1 saturated heterocycles. The number of hydrogen-bond acceptors (Lipinski definition) is 2. The van der Waals surface area contributed by atoms with E-state index in [0.29, 0.717) is 6.54 Å². The van der Waals surface area contributed by atoms with E-state index in [4.69, 9.17) is 0 Å². The van der Waals surface area contributed by atoms with Gasteiger partial charge in [-0.05, 0) is 51.9 Å². The second kappa shape index (κ2) is 6.93. The average Bonchev–Trinajstić information content (AvgIpc) is 2.67. The van der Waals surface area contributed by atoms with E-state index >= 15 is 0 Å². The predicted molar refractivity (Wildman–Crippen MR) is 81.5 cm³/mol. The molecular weight excluding hydrogens is 250 g/mol. The summed E-state index contributed by atoms with van der Waals surface area (Å²) in [6, 6.07) is 4.14. The van der Waals surface area contributed by atoms with Gasteiger partial charge >= 0.3 is 0 Å². The van der Waals surface area contributed by atoms with Crippen LogP contribution in [-0.4, -0.2) is 34.5 Å². The van der Waals surface area contributed by atoms with Gasteiger partial charge in [-0.15, -0.1) is 0 Å². The highest BCUT2D eigenvalue weighted by Crippen LogP contribution is 2.13. The van der Waals surface area contributed by atoms with E-state index in [9.17, 15) is 4.79 Å². The Morgan fingerprint density at radius 2 is 1.90 bits per heavy atom. The van der Waals surface area contributed by atoms with Crippen molar-refractivity contribution in [2.24, 2.45) is 7.05 Å². The molecule has 20 heavy (non-hydrogen) atoms. The van der Waals surface area contributed by atoms with Crippen LogP contribution in [0.15, 0.2) is 12.1 Å². The van der Waals surface area contributed by atoms with Crippen LogP contribution in [0.1, 0.15) is 44.0 Å². The third-order valence-electron chi connectivity index (χ3n) is 4.49. The van der Waals surface area contributed by atoms with Gasteiger partial charge in [-0.3, -0.25) is 9.69 Å². The van der Waals surface area contributed by atoms with Crippen molar-refractivity contribution < 1.29 is 4.79 Å². The molecule has 0 saturated carbocycles. The predicted octanol–water partition coefficient (Wildman–Crippen LogP) is 2.21. The Morgan fingerprint density at radius 1 is 1.25 bits per heavy atom. The number of nitrogens with one attached hydrogen (secondary N) is 1. The zero-order valence-electron chi connectivity index (χ0n) is 13.0. The number of carbonyl (C=O) groups is 1. The Bertz CT molecular complexity index is 445. The van der Waals surface area contributed by atoms with Gasteiger partial charge in [-0.25, -0.2) is 0 Å². The van der Waals surface area contributed by atoms with Crippen LogP contribution in [0.4, 0.5) is 0 Å². The summed E-state index contributed by atoms with van der Waals surface area (Å²) in [7, 11) is 2.04. The van der Waals surface area contributed by atoms with Gasteiger partial charge in [0, 0.05) is 18.4 Å². The van der Waals surface area contributed by atoms with Crippen LogP contribution in [0, 0.1) is 6.92 Å². The van der Waals surface area contributed by atoms with Gasteiger partial charge < -0.3 is 9.88 Å². The SMILES string of the molecule is Cc1ccc(CNC(=O)C(C)N2CCCCCC2)n1C. The zero-order valence-corrected chi connectivity index (χ0v) is 13.0. The largest absolute Gasteiger partial charge is 0.350 e. The number of hydrogen-bond donors (Lipinski definition) is 1. The van der Waals surface area contributed by atoms with Crippen molar-refractivity contribution in [3.05, 3.63) is 23.5 Å². The summed E-state index contributed by atoms with van der Waals surface area (Å²) in [6.45, 7) is 6.82. The van der Waals surface area contributed by atoms with E-state index in [1.807, 2.05) is 14.0 Å². The number of aromatic nitrogens is 1. The highest BCUT2D eigenvalue weighted by molar-refractivity contribution is 5.81. The van der Waals surface area contributed by atoms with Gasteiger partial charge in [0.05, 0.1) is 12.6 Å². The van der Waals surface area contributed by atoms with Crippen LogP contribution in [0.2, 0.25) is 0 Å². The Morgan fingerprint density at radius 3 is 2.45 bits per heavy atom. The van der Waals surface area contributed by atoms with E-state index in [1.165, 1.54) is 31.4 Å². The molecule has 0 aromatic carbocycles. The van der Waals surface area contributed by atoms with Crippen molar-refractivity contribution in [1.82, 2.24) is 14.8 Å². The quantitative estimate of drug-likeness (QED) is 0.916. The van der Waals surface area contributed by atoms with Gasteiger partial charge in [-0.2, -0.15) is 0 Å². The average molecular weight is 277 g/mol. The highest BCUT2D eigenvalue weighted by Gasteiger charge is 2.21. The van der Waals surface area contributed by atoms with Gasteiger partial charge in [-0.1, -0.05) is 12.8 Å². The monoisotopic (exact) mass is 277 g/mol. The van der Waals surface area contributed by atoms with Crippen molar-refractivity contribution in [2.75, 3.05) is 13.1 Å². The summed E-state index contributed by atoms with van der Waals surface area (Å²) in [4.78, 5) is 14.6. The van der Waals surface area contributed by atoms with Crippen LogP contribution in [0.3, 0.4) is 0 Å². The lowest BCUT2D eigenvalue weighted by Gasteiger charge is -2.26. The van der Waals surface area contributed by atoms with E-state index in [2.05, 4.69) is 33.8 Å². The molecule has 1 N–H and O–H groups in total. The molecule has 1 aliphatic heterocycles. The van der Waals surface area contributed by atoms with E-state index in [0.717, 1.165) is 18.8 Å². The number of amides is 1. The molecule has 1 atom stereocenters. The molecule has 0 aliphatic carbocycles. The number of carbonyl (C=O) groups excluding carboxylic acids is 1. The second-order valence-corrected chi connectivity index (χ2v) is 5.87. The molecule has 1 amide bonds. The Labute approximate surface area is 122 Å². The summed E-state index contributed by atoms with van der Waals surface area (Å²) in [5, 5.41) is 3.07. The van der Waals surface area contributed by atoms with E-state index in [1.54, 1.807) is 0 Å². The fourth-order valence-electron chi connectivity index (χ4n) is 2.82. The zero-order chi connectivity index (χ0) is 14.5. The van der Waals surface area contributed by atoms with E-state index in [-0.39, 0.29) is 11.9 Å². The summed E-state index contributed by atoms with van der Waals surface area (Å²) in [6.07, 6.45) is 5.03. The lowest BCUT2D eigenvalue weighted by atomic mass is 10.2. The van der Waals surface area contributed by atoms with Gasteiger partial charge in [0.15, 0.2) is 0 Å². The van der Waals surface area contributed by atoms with Crippen molar-refractivity contribution in [2.45, 2.75) is 52.1 Å². The van der Waals surface area contributed by atoms with Crippen LogP contribution in [0.25, 0.3) is 0 Å². The van der Waals surface area contributed by atoms with Crippen LogP contribution in [0.5, 0.6) is 0 Å². The van der Waals surface area contributed by atoms with Crippen molar-refractivity contribution in [3.63, 3.8) is 0 Å². The minimum absolute atomic E-state index is 0.0190. The fraction of sp³-hybridized carbons (Fsp3) is 0.688. The maximum absolute atomic E-state index is 12.3. The molecular formula is C16H27N3O. The lowest BCUT2D eigenvalue weighted by molar-refractivity contribution is -0.126. The first-order valence-corrected chi connectivity index (χ1v) is 7.72. The minimum Gasteiger partial charge on any atom is -0.350 e. The van der Waals surface area contributed by atoms with Crippen LogP contribution < -0.4 is 5.32 Å². The lowest BCUT2D eigenvalue weighted by Crippen LogP contribution is -2.45. The molecule has 1 aromatic heterocycles. The standard InChI is InChI=1S/C16H27N3O/c1-13-8-9-15(18(13)3)12-17-16(20)14(2)19-10-6-4-5-7-11-19/h8-9,14H,4-7,10-12H2,1-3H3,(H,17,20). The third-order valence-corrected chi connectivity index (χ3v) is 4.49. The second-order valence-electron chi connectivity index (χ2n) is 5.87. The molecule has 1 unspecified atom stereocenters. The van der Waals surface area contributed by atoms with Gasteiger partial charge in [0.2, 0.25) is 5.91 Å². The third kappa shape index (κ3) is 3.63. The summed E-state index contributed by atoms with van der Waals surface area (Å²) in [5.41, 5.74) is 2.37. The van der Waals surface area contributed by atoms with Crippen LogP contribution in [-0.2, 0) is 18.4 Å². The molecule has 1 aromatic rings. The molecule has 0 radical (unpaired) electrons. The normalized spacial score (nSPS) is 18.6. The number of likely N-dealkylation sites (tertiary alicyclic amines) is 1. The molecule has 112 valence electrons. The summed E-state index contributed by atoms with van der Waals surface area (Å²) >= 11 is 0. The van der Waals surface area contributed by atoms with Gasteiger partial charge in [0.25, 0.3) is 0 Å². The first-order chi connectivity index (χ1) is 9.59. The molecule has 2 rings (SSSR count). The summed E-state index contributed by atoms with van der Waals surface area (Å²) in [5.74, 6) is 0.144. The Balaban J connectivity index is 1.85. The Kier molecular flexibility index (Phi) is 5.24. The molecule has 4 heteroatoms. The first kappa shape index (κ1) is 15.1. The topological polar surface area (TPSA) is 37.3 Å². The van der Waals surface area contributed by atoms with Crippen molar-refractivity contribution in [1.29, 1.82) is 0 Å². The smallest absolute Gasteiger partial charge is 0.237 e. The number of nitrogens with zero attached hydrogens (tertiary/aromatic N) is 2. The molecule has 4 nitrogen and oxygen atoms in total. The minimum atomic E-state index is -0.0190. The highest BCUT2D eigenvalue weighted by atomic mass is 16.2. The summed E-state index contributed by atoms with van der Waals surface area (Å²) < 4.78 is 2.12. The first-order valence-electron chi connectivity index (χ1n) is 7.72. The fourth-order valence-corrected chi connectivity index (χ4v) is 2.82. The van der Waals surface area contributed by atoms with Crippen molar-refractivity contribution >= 4 is 5.91 Å². The number of aryl methyl sites for hydroxylation is 1. The molecule has 1 aliphatic rings. The van der Waals surface area contributed by atoms with Gasteiger partial charge in [0.1, 0.15) is 0 Å². The molecule has 0 spiro atoms. The van der Waals surface area contributed by atoms with E-state index < -0.39 is 0 Å². The molecule has 0 bridgehead atoms. The maximum Gasteiger partial charge on any atom is 0.237 e. The Hall–Kier alpha value is -1.29. The number of rotatable bonds is 4. The molecule has 1 fully saturated rings. The maximum atomic E-state index is 12.3. The molecule has 2 heterocycles.